The van der Waals surface area contributed by atoms with Crippen molar-refractivity contribution in [2.24, 2.45) is 0 Å². The first-order chi connectivity index (χ1) is 10.9. The third-order valence-corrected chi connectivity index (χ3v) is 3.86. The molecule has 1 amide bonds. The molecular weight excluding hydrogens is 292 g/mol. The van der Waals surface area contributed by atoms with Crippen molar-refractivity contribution in [1.29, 1.82) is 0 Å². The molecule has 0 aliphatic heterocycles. The second-order valence-corrected chi connectivity index (χ2v) is 7.06. The van der Waals surface area contributed by atoms with E-state index < -0.39 is 5.60 Å². The summed E-state index contributed by atoms with van der Waals surface area (Å²) in [6.45, 7) is 6.56. The van der Waals surface area contributed by atoms with Gasteiger partial charge < -0.3 is 20.1 Å². The minimum absolute atomic E-state index is 0.225. The van der Waals surface area contributed by atoms with Crippen LogP contribution >= 0.6 is 0 Å². The second kappa shape index (κ2) is 7.68. The predicted octanol–water partition coefficient (Wildman–Crippen LogP) is 2.88. The third-order valence-electron chi connectivity index (χ3n) is 3.86. The van der Waals surface area contributed by atoms with Crippen LogP contribution in [0.2, 0.25) is 0 Å². The number of hydrogen-bond donors (Lipinski definition) is 2. The summed E-state index contributed by atoms with van der Waals surface area (Å²) in [5.74, 6) is 0.886. The van der Waals surface area contributed by atoms with Crippen molar-refractivity contribution in [2.75, 3.05) is 13.7 Å². The summed E-state index contributed by atoms with van der Waals surface area (Å²) < 4.78 is 10.4. The van der Waals surface area contributed by atoms with Crippen LogP contribution in [0.5, 0.6) is 5.75 Å². The molecule has 0 spiro atoms. The Labute approximate surface area is 138 Å². The van der Waals surface area contributed by atoms with Gasteiger partial charge in [0.15, 0.2) is 0 Å². The fourth-order valence-corrected chi connectivity index (χ4v) is 2.59. The summed E-state index contributed by atoms with van der Waals surface area (Å²) >= 11 is 0. The van der Waals surface area contributed by atoms with Crippen molar-refractivity contribution in [1.82, 2.24) is 10.6 Å². The Bertz CT molecular complexity index is 502. The Hall–Kier alpha value is -1.75. The van der Waals surface area contributed by atoms with Gasteiger partial charge in [0.1, 0.15) is 11.4 Å². The lowest BCUT2D eigenvalue weighted by atomic mass is 9.87. The molecule has 1 fully saturated rings. The number of benzene rings is 1. The Morgan fingerprint density at radius 3 is 2.39 bits per heavy atom. The van der Waals surface area contributed by atoms with Gasteiger partial charge in [-0.05, 0) is 64.3 Å². The standard InChI is InChI=1S/C18H28N2O3/c1-18(2,3)23-17(21)20-15-11-14(12-15)19-10-9-13-5-7-16(22-4)8-6-13/h5-8,14-15,19H,9-12H2,1-4H3,(H,20,21). The number of alkyl carbamates (subject to hydrolysis) is 1. The molecule has 1 aromatic carbocycles. The molecule has 5 nitrogen and oxygen atoms in total. The first-order valence-electron chi connectivity index (χ1n) is 8.21. The minimum atomic E-state index is -0.441. The summed E-state index contributed by atoms with van der Waals surface area (Å²) in [5.41, 5.74) is 0.852. The molecular formula is C18H28N2O3. The third kappa shape index (κ3) is 6.10. The number of methoxy groups -OCH3 is 1. The van der Waals surface area contributed by atoms with Crippen LogP contribution in [-0.2, 0) is 11.2 Å². The molecule has 1 aliphatic carbocycles. The van der Waals surface area contributed by atoms with E-state index in [2.05, 4.69) is 22.8 Å². The van der Waals surface area contributed by atoms with E-state index >= 15 is 0 Å². The molecule has 23 heavy (non-hydrogen) atoms. The highest BCUT2D eigenvalue weighted by Gasteiger charge is 2.31. The van der Waals surface area contributed by atoms with Crippen LogP contribution in [0.4, 0.5) is 4.79 Å². The van der Waals surface area contributed by atoms with Crippen molar-refractivity contribution in [2.45, 2.75) is 57.7 Å². The van der Waals surface area contributed by atoms with Gasteiger partial charge >= 0.3 is 6.09 Å². The molecule has 2 rings (SSSR count). The monoisotopic (exact) mass is 320 g/mol. The number of amides is 1. The largest absolute Gasteiger partial charge is 0.497 e. The van der Waals surface area contributed by atoms with Gasteiger partial charge in [-0.1, -0.05) is 12.1 Å². The zero-order chi connectivity index (χ0) is 16.9. The van der Waals surface area contributed by atoms with Crippen LogP contribution in [0, 0.1) is 0 Å². The molecule has 0 saturated heterocycles. The van der Waals surface area contributed by atoms with Gasteiger partial charge in [0, 0.05) is 12.1 Å². The maximum absolute atomic E-state index is 11.7. The average molecular weight is 320 g/mol. The van der Waals surface area contributed by atoms with E-state index in [1.54, 1.807) is 7.11 Å². The Balaban J connectivity index is 1.58. The molecule has 2 N–H and O–H groups in total. The highest BCUT2D eigenvalue weighted by molar-refractivity contribution is 5.68. The van der Waals surface area contributed by atoms with Crippen LogP contribution in [0.3, 0.4) is 0 Å². The highest BCUT2D eigenvalue weighted by Crippen LogP contribution is 2.20. The number of nitrogens with one attached hydrogen (secondary N) is 2. The minimum Gasteiger partial charge on any atom is -0.497 e. The maximum Gasteiger partial charge on any atom is 0.407 e. The fourth-order valence-electron chi connectivity index (χ4n) is 2.59. The zero-order valence-corrected chi connectivity index (χ0v) is 14.5. The lowest BCUT2D eigenvalue weighted by Crippen LogP contribution is -2.53. The first kappa shape index (κ1) is 17.6. The molecule has 128 valence electrons. The predicted molar refractivity (Wildman–Crippen MR) is 90.9 cm³/mol. The summed E-state index contributed by atoms with van der Waals surface area (Å²) in [4.78, 5) is 11.7. The highest BCUT2D eigenvalue weighted by atomic mass is 16.6. The quantitative estimate of drug-likeness (QED) is 0.846. The Morgan fingerprint density at radius 2 is 1.83 bits per heavy atom. The summed E-state index contributed by atoms with van der Waals surface area (Å²) in [7, 11) is 1.68. The average Bonchev–Trinajstić information content (AvgIpc) is 2.43. The summed E-state index contributed by atoms with van der Waals surface area (Å²) in [6.07, 6.45) is 2.59. The van der Waals surface area contributed by atoms with Gasteiger partial charge in [-0.15, -0.1) is 0 Å². The van der Waals surface area contributed by atoms with E-state index in [4.69, 9.17) is 9.47 Å². The number of ether oxygens (including phenoxy) is 2. The lowest BCUT2D eigenvalue weighted by Gasteiger charge is -2.36. The molecule has 1 aliphatic rings. The van der Waals surface area contributed by atoms with E-state index in [9.17, 15) is 4.79 Å². The van der Waals surface area contributed by atoms with Gasteiger partial charge in [0.25, 0.3) is 0 Å². The fraction of sp³-hybridized carbons (Fsp3) is 0.611. The van der Waals surface area contributed by atoms with Crippen LogP contribution in [0.25, 0.3) is 0 Å². The SMILES string of the molecule is COc1ccc(CCNC2CC(NC(=O)OC(C)(C)C)C2)cc1. The molecule has 0 heterocycles. The number of carbonyl (C=O) groups excluding carboxylic acids is 1. The van der Waals surface area contributed by atoms with E-state index in [1.165, 1.54) is 5.56 Å². The Kier molecular flexibility index (Phi) is 5.88. The van der Waals surface area contributed by atoms with Gasteiger partial charge in [0.05, 0.1) is 7.11 Å². The summed E-state index contributed by atoms with van der Waals surface area (Å²) in [6, 6.07) is 8.86. The number of hydrogen-bond acceptors (Lipinski definition) is 4. The molecule has 0 unspecified atom stereocenters. The topological polar surface area (TPSA) is 59.6 Å². The second-order valence-electron chi connectivity index (χ2n) is 7.06. The molecule has 0 bridgehead atoms. The number of rotatable bonds is 6. The van der Waals surface area contributed by atoms with Crippen molar-refractivity contribution in [3.05, 3.63) is 29.8 Å². The molecule has 1 aromatic rings. The van der Waals surface area contributed by atoms with Crippen molar-refractivity contribution < 1.29 is 14.3 Å². The number of carbonyl (C=O) groups is 1. The normalized spacial score (nSPS) is 20.5. The van der Waals surface area contributed by atoms with Gasteiger partial charge in [-0.3, -0.25) is 0 Å². The van der Waals surface area contributed by atoms with Gasteiger partial charge in [0.2, 0.25) is 0 Å². The van der Waals surface area contributed by atoms with Crippen molar-refractivity contribution in [3.63, 3.8) is 0 Å². The van der Waals surface area contributed by atoms with Crippen molar-refractivity contribution in [3.8, 4) is 5.75 Å². The van der Waals surface area contributed by atoms with Crippen LogP contribution in [0.15, 0.2) is 24.3 Å². The molecule has 0 aromatic heterocycles. The molecule has 1 saturated carbocycles. The van der Waals surface area contributed by atoms with Crippen molar-refractivity contribution >= 4 is 6.09 Å². The van der Waals surface area contributed by atoms with E-state index in [0.717, 1.165) is 31.6 Å². The molecule has 5 heteroatoms. The molecule has 0 atom stereocenters. The first-order valence-corrected chi connectivity index (χ1v) is 8.21. The summed E-state index contributed by atoms with van der Waals surface area (Å²) in [5, 5.41) is 6.43. The smallest absolute Gasteiger partial charge is 0.407 e. The van der Waals surface area contributed by atoms with E-state index in [1.807, 2.05) is 32.9 Å². The van der Waals surface area contributed by atoms with E-state index in [0.29, 0.717) is 6.04 Å². The maximum atomic E-state index is 11.7. The Morgan fingerprint density at radius 1 is 1.17 bits per heavy atom. The van der Waals surface area contributed by atoms with Gasteiger partial charge in [-0.2, -0.15) is 0 Å². The lowest BCUT2D eigenvalue weighted by molar-refractivity contribution is 0.0465. The van der Waals surface area contributed by atoms with Gasteiger partial charge in [-0.25, -0.2) is 4.79 Å². The zero-order valence-electron chi connectivity index (χ0n) is 14.5. The van der Waals surface area contributed by atoms with Crippen LogP contribution < -0.4 is 15.4 Å². The van der Waals surface area contributed by atoms with Crippen LogP contribution in [0.1, 0.15) is 39.2 Å². The van der Waals surface area contributed by atoms with Crippen LogP contribution in [-0.4, -0.2) is 37.4 Å². The van der Waals surface area contributed by atoms with E-state index in [-0.39, 0.29) is 12.1 Å². The molecule has 0 radical (unpaired) electrons.